The Morgan fingerprint density at radius 2 is 1.86 bits per heavy atom. The molecule has 1 aliphatic carbocycles. The number of fused-ring (bicyclic) bond motifs is 1. The van der Waals surface area contributed by atoms with Crippen LogP contribution in [0.15, 0.2) is 42.5 Å². The molecule has 0 spiro atoms. The number of carbonyl (C=O) groups excluding carboxylic acids is 1. The van der Waals surface area contributed by atoms with Gasteiger partial charge < -0.3 is 16.0 Å². The summed E-state index contributed by atoms with van der Waals surface area (Å²) in [6.45, 7) is 5.26. The molecule has 2 aromatic rings. The third-order valence-corrected chi connectivity index (χ3v) is 6.23. The van der Waals surface area contributed by atoms with Gasteiger partial charge in [0.15, 0.2) is 0 Å². The van der Waals surface area contributed by atoms with Gasteiger partial charge in [0.1, 0.15) is 5.82 Å². The maximum Gasteiger partial charge on any atom is 0.237 e. The summed E-state index contributed by atoms with van der Waals surface area (Å²) in [6.07, 6.45) is 3.05. The van der Waals surface area contributed by atoms with E-state index in [0.717, 1.165) is 56.8 Å². The van der Waals surface area contributed by atoms with Crippen molar-refractivity contribution in [3.8, 4) is 0 Å². The second-order valence-electron chi connectivity index (χ2n) is 8.09. The van der Waals surface area contributed by atoms with Crippen LogP contribution in [0.25, 0.3) is 0 Å². The van der Waals surface area contributed by atoms with Gasteiger partial charge in [-0.3, -0.25) is 9.69 Å². The fraction of sp³-hybridized carbons (Fsp3) is 0.435. The maximum atomic E-state index is 13.1. The summed E-state index contributed by atoms with van der Waals surface area (Å²) in [6, 6.07) is 12.5. The number of carbonyl (C=O) groups is 1. The van der Waals surface area contributed by atoms with E-state index in [0.29, 0.717) is 0 Å². The normalized spacial score (nSPS) is 20.8. The van der Waals surface area contributed by atoms with Gasteiger partial charge in [-0.15, -0.1) is 0 Å². The molecule has 29 heavy (non-hydrogen) atoms. The van der Waals surface area contributed by atoms with Crippen molar-refractivity contribution in [1.82, 2.24) is 10.2 Å². The van der Waals surface area contributed by atoms with Crippen LogP contribution in [0.4, 0.5) is 15.8 Å². The van der Waals surface area contributed by atoms with Crippen LogP contribution >= 0.6 is 0 Å². The Balaban J connectivity index is 1.34. The molecule has 1 aliphatic heterocycles. The highest BCUT2D eigenvalue weighted by Gasteiger charge is 2.29. The highest BCUT2D eigenvalue weighted by atomic mass is 19.1. The van der Waals surface area contributed by atoms with Crippen molar-refractivity contribution in [1.29, 1.82) is 0 Å². The summed E-state index contributed by atoms with van der Waals surface area (Å²) in [5.41, 5.74) is 10.2. The van der Waals surface area contributed by atoms with Crippen molar-refractivity contribution < 1.29 is 9.18 Å². The molecular formula is C23H29FN4O. The van der Waals surface area contributed by atoms with E-state index in [1.165, 1.54) is 23.3 Å². The van der Waals surface area contributed by atoms with Crippen molar-refractivity contribution in [3.63, 3.8) is 0 Å². The second kappa shape index (κ2) is 8.41. The molecule has 1 amide bonds. The lowest BCUT2D eigenvalue weighted by molar-refractivity contribution is -0.126. The van der Waals surface area contributed by atoms with Crippen LogP contribution < -0.4 is 16.0 Å². The van der Waals surface area contributed by atoms with Crippen molar-refractivity contribution >= 4 is 17.3 Å². The minimum absolute atomic E-state index is 0.0646. The van der Waals surface area contributed by atoms with Crippen molar-refractivity contribution in [3.05, 3.63) is 59.4 Å². The zero-order valence-corrected chi connectivity index (χ0v) is 16.9. The number of hydrogen-bond donors (Lipinski definition) is 2. The number of hydrogen-bond acceptors (Lipinski definition) is 4. The summed E-state index contributed by atoms with van der Waals surface area (Å²) in [5, 5.41) is 3.26. The second-order valence-corrected chi connectivity index (χ2v) is 8.09. The Hall–Kier alpha value is -2.60. The molecule has 1 heterocycles. The topological polar surface area (TPSA) is 61.6 Å². The fourth-order valence-electron chi connectivity index (χ4n) is 4.46. The molecule has 2 aliphatic rings. The Kier molecular flexibility index (Phi) is 5.72. The van der Waals surface area contributed by atoms with E-state index >= 15 is 0 Å². The molecule has 6 heteroatoms. The quantitative estimate of drug-likeness (QED) is 0.780. The third-order valence-electron chi connectivity index (χ3n) is 6.23. The molecule has 3 N–H and O–H groups in total. The third kappa shape index (κ3) is 4.37. The van der Waals surface area contributed by atoms with Gasteiger partial charge in [-0.05, 0) is 73.7 Å². The summed E-state index contributed by atoms with van der Waals surface area (Å²) in [5.74, 6) is -0.139. The van der Waals surface area contributed by atoms with Gasteiger partial charge in [-0.25, -0.2) is 4.39 Å². The molecule has 2 aromatic carbocycles. The average Bonchev–Trinajstić information content (AvgIpc) is 2.74. The Bertz CT molecular complexity index is 862. The number of nitrogens with two attached hydrogens (primary N) is 1. The molecule has 0 saturated carbocycles. The molecule has 0 bridgehead atoms. The van der Waals surface area contributed by atoms with E-state index in [-0.39, 0.29) is 23.8 Å². The largest absolute Gasteiger partial charge is 0.399 e. The zero-order valence-electron chi connectivity index (χ0n) is 16.9. The lowest BCUT2D eigenvalue weighted by atomic mass is 9.87. The predicted octanol–water partition coefficient (Wildman–Crippen LogP) is 3.11. The highest BCUT2D eigenvalue weighted by molar-refractivity contribution is 5.82. The lowest BCUT2D eigenvalue weighted by Crippen LogP contribution is -2.54. The fourth-order valence-corrected chi connectivity index (χ4v) is 4.46. The first-order valence-corrected chi connectivity index (χ1v) is 10.4. The van der Waals surface area contributed by atoms with Gasteiger partial charge in [-0.2, -0.15) is 0 Å². The molecule has 2 unspecified atom stereocenters. The number of nitrogen functional groups attached to an aromatic ring is 1. The van der Waals surface area contributed by atoms with E-state index in [2.05, 4.69) is 21.2 Å². The van der Waals surface area contributed by atoms with Crippen LogP contribution in [0.1, 0.15) is 36.9 Å². The predicted molar refractivity (Wildman–Crippen MR) is 114 cm³/mol. The number of benzene rings is 2. The summed E-state index contributed by atoms with van der Waals surface area (Å²) in [4.78, 5) is 17.4. The van der Waals surface area contributed by atoms with E-state index < -0.39 is 0 Å². The summed E-state index contributed by atoms with van der Waals surface area (Å²) < 4.78 is 13.1. The molecule has 5 nitrogen and oxygen atoms in total. The number of nitrogens with one attached hydrogen (secondary N) is 1. The van der Waals surface area contributed by atoms with Crippen LogP contribution in [0.5, 0.6) is 0 Å². The minimum atomic E-state index is -0.218. The minimum Gasteiger partial charge on any atom is -0.399 e. The highest BCUT2D eigenvalue weighted by Crippen LogP contribution is 2.31. The van der Waals surface area contributed by atoms with Crippen molar-refractivity contribution in [2.24, 2.45) is 0 Å². The van der Waals surface area contributed by atoms with Crippen molar-refractivity contribution in [2.45, 2.75) is 38.3 Å². The summed E-state index contributed by atoms with van der Waals surface area (Å²) >= 11 is 0. The monoisotopic (exact) mass is 396 g/mol. The lowest BCUT2D eigenvalue weighted by Gasteiger charge is -2.39. The number of halogens is 1. The Morgan fingerprint density at radius 3 is 2.59 bits per heavy atom. The molecule has 154 valence electrons. The number of nitrogens with zero attached hydrogens (tertiary/aromatic N) is 2. The molecule has 2 atom stereocenters. The molecule has 0 radical (unpaired) electrons. The van der Waals surface area contributed by atoms with E-state index in [4.69, 9.17) is 5.73 Å². The van der Waals surface area contributed by atoms with Crippen LogP contribution in [0.3, 0.4) is 0 Å². The molecular weight excluding hydrogens is 367 g/mol. The number of piperazine rings is 1. The van der Waals surface area contributed by atoms with Gasteiger partial charge >= 0.3 is 0 Å². The first-order chi connectivity index (χ1) is 14.0. The molecule has 4 rings (SSSR count). The number of amides is 1. The van der Waals surface area contributed by atoms with Gasteiger partial charge in [0.25, 0.3) is 0 Å². The van der Waals surface area contributed by atoms with E-state index in [1.807, 2.05) is 31.2 Å². The molecule has 0 aromatic heterocycles. The SMILES string of the molecule is CC(C(=O)NC1CCCc2cc(N)ccc21)N1CCN(c2ccc(F)cc2)CC1. The first-order valence-electron chi connectivity index (χ1n) is 10.4. The standard InChI is InChI=1S/C23H29FN4O/c1-16(27-11-13-28(14-12-27)20-8-5-18(24)6-9-20)23(29)26-22-4-2-3-17-15-19(25)7-10-21(17)22/h5-10,15-16,22H,2-4,11-14,25H2,1H3,(H,26,29). The van der Waals surface area contributed by atoms with E-state index in [1.54, 1.807) is 0 Å². The van der Waals surface area contributed by atoms with Crippen LogP contribution in [-0.2, 0) is 11.2 Å². The van der Waals surface area contributed by atoms with Crippen molar-refractivity contribution in [2.75, 3.05) is 36.8 Å². The Morgan fingerprint density at radius 1 is 1.14 bits per heavy atom. The maximum absolute atomic E-state index is 13.1. The smallest absolute Gasteiger partial charge is 0.237 e. The molecule has 1 saturated heterocycles. The first kappa shape index (κ1) is 19.7. The summed E-state index contributed by atoms with van der Waals surface area (Å²) in [7, 11) is 0. The van der Waals surface area contributed by atoms with Gasteiger partial charge in [0, 0.05) is 37.6 Å². The molecule has 1 fully saturated rings. The average molecular weight is 397 g/mol. The number of aryl methyl sites for hydroxylation is 1. The van der Waals surface area contributed by atoms with Crippen LogP contribution in [0, 0.1) is 5.82 Å². The van der Waals surface area contributed by atoms with Crippen LogP contribution in [-0.4, -0.2) is 43.0 Å². The van der Waals surface area contributed by atoms with Gasteiger partial charge in [-0.1, -0.05) is 6.07 Å². The zero-order chi connectivity index (χ0) is 20.4. The van der Waals surface area contributed by atoms with Gasteiger partial charge in [0.05, 0.1) is 12.1 Å². The number of rotatable bonds is 4. The van der Waals surface area contributed by atoms with Gasteiger partial charge in [0.2, 0.25) is 5.91 Å². The Labute approximate surface area is 171 Å². The van der Waals surface area contributed by atoms with E-state index in [9.17, 15) is 9.18 Å². The number of anilines is 2. The van der Waals surface area contributed by atoms with Crippen LogP contribution in [0.2, 0.25) is 0 Å².